The lowest BCUT2D eigenvalue weighted by atomic mass is 10.2. The Labute approximate surface area is 136 Å². The molecule has 0 fully saturated rings. The van der Waals surface area contributed by atoms with Gasteiger partial charge in [-0.2, -0.15) is 14.0 Å². The van der Waals surface area contributed by atoms with Crippen LogP contribution in [0.3, 0.4) is 0 Å². The maximum absolute atomic E-state index is 12.1. The molecule has 0 radical (unpaired) electrons. The summed E-state index contributed by atoms with van der Waals surface area (Å²) in [5.41, 5.74) is -0.174. The Morgan fingerprint density at radius 2 is 2.04 bits per heavy atom. The van der Waals surface area contributed by atoms with Crippen molar-refractivity contribution in [2.24, 2.45) is 5.84 Å². The number of anilines is 1. The number of nitriles is 1. The third kappa shape index (κ3) is 5.90. The molecule has 2 amide bonds. The second kappa shape index (κ2) is 9.06. The second-order valence-electron chi connectivity index (χ2n) is 4.11. The number of ether oxygens (including phenoxy) is 2. The molecular formula is C14H14F2N4O4. The normalized spacial score (nSPS) is 10.8. The van der Waals surface area contributed by atoms with E-state index >= 15 is 0 Å². The fraction of sp³-hybridized carbons (Fsp3) is 0.214. The molecule has 0 heterocycles. The van der Waals surface area contributed by atoms with Crippen LogP contribution in [-0.4, -0.2) is 25.2 Å². The molecule has 0 unspecified atom stereocenters. The van der Waals surface area contributed by atoms with E-state index in [1.54, 1.807) is 13.0 Å². The van der Waals surface area contributed by atoms with E-state index < -0.39 is 24.2 Å². The van der Waals surface area contributed by atoms with Crippen LogP contribution in [-0.2, 0) is 9.53 Å². The van der Waals surface area contributed by atoms with E-state index in [1.165, 1.54) is 24.3 Å². The van der Waals surface area contributed by atoms with Gasteiger partial charge in [0.2, 0.25) is 0 Å². The van der Waals surface area contributed by atoms with Gasteiger partial charge >= 0.3 is 12.7 Å². The summed E-state index contributed by atoms with van der Waals surface area (Å²) in [6.07, 6.45) is -0.0296. The number of alkyl carbamates (subject to hydrolysis) is 1. The number of nitrogens with two attached hydrogens (primary N) is 1. The molecule has 1 aromatic rings. The smallest absolute Gasteiger partial charge is 0.414 e. The lowest BCUT2D eigenvalue weighted by Crippen LogP contribution is -2.33. The van der Waals surface area contributed by atoms with Gasteiger partial charge in [0.1, 0.15) is 17.4 Å². The number of nitrogens with one attached hydrogen (secondary N) is 1. The molecule has 0 saturated carbocycles. The molecule has 0 bridgehead atoms. The van der Waals surface area contributed by atoms with Gasteiger partial charge in [-0.15, -0.1) is 0 Å². The minimum Gasteiger partial charge on any atom is -0.450 e. The fourth-order valence-corrected chi connectivity index (χ4v) is 1.48. The van der Waals surface area contributed by atoms with Crippen LogP contribution < -0.4 is 20.9 Å². The number of hydrogen-bond acceptors (Lipinski definition) is 7. The third-order valence-corrected chi connectivity index (χ3v) is 2.48. The average Bonchev–Trinajstić information content (AvgIpc) is 2.52. The Kier molecular flexibility index (Phi) is 7.12. The van der Waals surface area contributed by atoms with Crippen molar-refractivity contribution >= 4 is 17.7 Å². The number of nitrogens with zero attached hydrogens (tertiary/aromatic N) is 2. The summed E-state index contributed by atoms with van der Waals surface area (Å²) in [4.78, 5) is 22.9. The van der Waals surface area contributed by atoms with Crippen LogP contribution in [0.15, 0.2) is 36.0 Å². The van der Waals surface area contributed by atoms with Crippen molar-refractivity contribution in [3.8, 4) is 11.8 Å². The van der Waals surface area contributed by atoms with Gasteiger partial charge in [-0.3, -0.25) is 15.1 Å². The van der Waals surface area contributed by atoms with Gasteiger partial charge in [0, 0.05) is 6.20 Å². The van der Waals surface area contributed by atoms with Gasteiger partial charge in [-0.1, -0.05) is 0 Å². The second-order valence-corrected chi connectivity index (χ2v) is 4.11. The van der Waals surface area contributed by atoms with Gasteiger partial charge < -0.3 is 9.47 Å². The highest BCUT2D eigenvalue weighted by atomic mass is 19.3. The molecule has 128 valence electrons. The number of rotatable bonds is 6. The van der Waals surface area contributed by atoms with Gasteiger partial charge in [-0.05, 0) is 31.2 Å². The van der Waals surface area contributed by atoms with Gasteiger partial charge in [0.25, 0.3) is 5.91 Å². The van der Waals surface area contributed by atoms with Gasteiger partial charge in [0.05, 0.1) is 12.3 Å². The molecule has 0 aliphatic heterocycles. The van der Waals surface area contributed by atoms with E-state index in [0.29, 0.717) is 0 Å². The zero-order valence-corrected chi connectivity index (χ0v) is 12.5. The van der Waals surface area contributed by atoms with Crippen LogP contribution in [0.4, 0.5) is 19.3 Å². The van der Waals surface area contributed by atoms with Crippen molar-refractivity contribution in [1.82, 2.24) is 5.32 Å². The Hall–Kier alpha value is -3.19. The Morgan fingerprint density at radius 3 is 2.54 bits per heavy atom. The number of halogens is 2. The van der Waals surface area contributed by atoms with Gasteiger partial charge in [0.15, 0.2) is 0 Å². The van der Waals surface area contributed by atoms with Crippen molar-refractivity contribution in [2.75, 3.05) is 11.6 Å². The zero-order chi connectivity index (χ0) is 18.1. The predicted octanol–water partition coefficient (Wildman–Crippen LogP) is 1.65. The summed E-state index contributed by atoms with van der Waals surface area (Å²) in [7, 11) is 0. The highest BCUT2D eigenvalue weighted by molar-refractivity contribution is 6.05. The number of carbonyl (C=O) groups is 2. The van der Waals surface area contributed by atoms with Crippen LogP contribution >= 0.6 is 0 Å². The molecule has 3 N–H and O–H groups in total. The Balaban J connectivity index is 2.82. The molecular weight excluding hydrogens is 326 g/mol. The highest BCUT2D eigenvalue weighted by Crippen LogP contribution is 2.19. The molecule has 0 aliphatic rings. The number of imide groups is 1. The van der Waals surface area contributed by atoms with Crippen LogP contribution in [0.1, 0.15) is 6.92 Å². The molecule has 0 saturated heterocycles. The lowest BCUT2D eigenvalue weighted by molar-refractivity contribution is -0.116. The Morgan fingerprint density at radius 1 is 1.42 bits per heavy atom. The monoisotopic (exact) mass is 340 g/mol. The van der Waals surface area contributed by atoms with Gasteiger partial charge in [-0.25, -0.2) is 10.6 Å². The zero-order valence-electron chi connectivity index (χ0n) is 12.5. The van der Waals surface area contributed by atoms with E-state index in [1.807, 2.05) is 5.32 Å². The number of carbonyl (C=O) groups excluding carboxylic acids is 2. The van der Waals surface area contributed by atoms with Crippen molar-refractivity contribution in [2.45, 2.75) is 13.5 Å². The summed E-state index contributed by atoms with van der Waals surface area (Å²) in [6.45, 7) is -1.35. The van der Waals surface area contributed by atoms with Crippen LogP contribution in [0.2, 0.25) is 0 Å². The standard InChI is InChI=1S/C14H14F2N4O4/c1-2-23-14(22)19-12(21)9(7-17)8-20(18)10-3-5-11(6-4-10)24-13(15)16/h3-6,8,13H,2,18H2,1H3,(H,19,21,22)/b9-8-. The molecule has 0 atom stereocenters. The van der Waals surface area contributed by atoms with Crippen molar-refractivity contribution in [3.05, 3.63) is 36.0 Å². The maximum Gasteiger partial charge on any atom is 0.414 e. The van der Waals surface area contributed by atoms with Crippen molar-refractivity contribution in [3.63, 3.8) is 0 Å². The highest BCUT2D eigenvalue weighted by Gasteiger charge is 2.15. The summed E-state index contributed by atoms with van der Waals surface area (Å²) in [5, 5.41) is 11.7. The molecule has 0 aliphatic carbocycles. The van der Waals surface area contributed by atoms with E-state index in [4.69, 9.17) is 11.1 Å². The molecule has 10 heteroatoms. The minimum absolute atomic E-state index is 0.0563. The van der Waals surface area contributed by atoms with Crippen molar-refractivity contribution < 1.29 is 27.8 Å². The molecule has 24 heavy (non-hydrogen) atoms. The number of amides is 2. The lowest BCUT2D eigenvalue weighted by Gasteiger charge is -2.15. The average molecular weight is 340 g/mol. The first-order valence-electron chi connectivity index (χ1n) is 6.56. The predicted molar refractivity (Wildman–Crippen MR) is 78.6 cm³/mol. The first-order valence-corrected chi connectivity index (χ1v) is 6.56. The number of benzene rings is 1. The van der Waals surface area contributed by atoms with Crippen molar-refractivity contribution in [1.29, 1.82) is 5.26 Å². The third-order valence-electron chi connectivity index (χ3n) is 2.48. The largest absolute Gasteiger partial charge is 0.450 e. The molecule has 1 rings (SSSR count). The molecule has 0 aromatic heterocycles. The first kappa shape index (κ1) is 18.9. The number of alkyl halides is 2. The van der Waals surface area contributed by atoms with Crippen LogP contribution in [0, 0.1) is 11.3 Å². The molecule has 1 aromatic carbocycles. The fourth-order valence-electron chi connectivity index (χ4n) is 1.48. The summed E-state index contributed by atoms with van der Waals surface area (Å²) < 4.78 is 32.8. The quantitative estimate of drug-likeness (QED) is 0.350. The summed E-state index contributed by atoms with van der Waals surface area (Å²) in [5.74, 6) is 4.60. The van der Waals surface area contributed by atoms with E-state index in [2.05, 4.69) is 9.47 Å². The Bertz CT molecular complexity index is 656. The van der Waals surface area contributed by atoms with Crippen LogP contribution in [0.5, 0.6) is 5.75 Å². The number of hydrogen-bond donors (Lipinski definition) is 2. The first-order chi connectivity index (χ1) is 11.4. The minimum atomic E-state index is -2.96. The van der Waals surface area contributed by atoms with E-state index in [-0.39, 0.29) is 18.0 Å². The van der Waals surface area contributed by atoms with E-state index in [0.717, 1.165) is 11.2 Å². The van der Waals surface area contributed by atoms with E-state index in [9.17, 15) is 18.4 Å². The number of hydrazine groups is 1. The molecule has 8 nitrogen and oxygen atoms in total. The van der Waals surface area contributed by atoms with Crippen LogP contribution in [0.25, 0.3) is 0 Å². The maximum atomic E-state index is 12.1. The molecule has 0 spiro atoms. The summed E-state index contributed by atoms with van der Waals surface area (Å²) in [6, 6.07) is 6.73. The topological polar surface area (TPSA) is 118 Å². The SMILES string of the molecule is CCOC(=O)NC(=O)/C(C#N)=C\N(N)c1ccc(OC(F)F)cc1. The summed E-state index contributed by atoms with van der Waals surface area (Å²) >= 11 is 0.